The molecular weight excluding hydrogens is 256 g/mol. The van der Waals surface area contributed by atoms with Gasteiger partial charge in [0.15, 0.2) is 0 Å². The molecule has 1 atom stereocenters. The number of benzene rings is 1. The fourth-order valence-electron chi connectivity index (χ4n) is 1.93. The normalized spacial score (nSPS) is 22.1. The third-order valence-corrected chi connectivity index (χ3v) is 3.51. The molecule has 15 heavy (non-hydrogen) atoms. The van der Waals surface area contributed by atoms with E-state index in [0.29, 0.717) is 11.8 Å². The maximum atomic E-state index is 9.40. The molecule has 4 heteroatoms. The second-order valence-electron chi connectivity index (χ2n) is 4.06. The third kappa shape index (κ3) is 2.71. The highest BCUT2D eigenvalue weighted by atomic mass is 79.9. The van der Waals surface area contributed by atoms with Crippen molar-refractivity contribution < 1.29 is 5.11 Å². The predicted octanol–water partition coefficient (Wildman–Crippen LogP) is 1.69. The van der Waals surface area contributed by atoms with Gasteiger partial charge in [0.2, 0.25) is 0 Å². The molecule has 0 radical (unpaired) electrons. The highest BCUT2D eigenvalue weighted by Crippen LogP contribution is 2.24. The zero-order chi connectivity index (χ0) is 10.8. The van der Waals surface area contributed by atoms with Gasteiger partial charge in [-0.1, -0.05) is 15.9 Å². The van der Waals surface area contributed by atoms with E-state index in [0.717, 1.165) is 36.1 Å². The Morgan fingerprint density at radius 3 is 3.00 bits per heavy atom. The van der Waals surface area contributed by atoms with Crippen LogP contribution in [0.5, 0.6) is 5.75 Å². The molecule has 0 bridgehead atoms. The molecule has 0 aromatic heterocycles. The first kappa shape index (κ1) is 10.9. The number of rotatable bonds is 2. The Kier molecular flexibility index (Phi) is 3.29. The molecule has 1 heterocycles. The molecular formula is C11H15BrN2O. The fraction of sp³-hybridized carbons (Fsp3) is 0.455. The molecule has 0 spiro atoms. The maximum Gasteiger partial charge on any atom is 0.115 e. The number of hydrogen-bond donors (Lipinski definition) is 2. The van der Waals surface area contributed by atoms with Crippen LogP contribution in [-0.2, 0) is 6.54 Å². The number of aromatic hydroxyl groups is 1. The molecule has 3 N–H and O–H groups in total. The lowest BCUT2D eigenvalue weighted by Crippen LogP contribution is -2.26. The van der Waals surface area contributed by atoms with Crippen LogP contribution in [0.2, 0.25) is 0 Å². The number of phenols is 1. The second-order valence-corrected chi connectivity index (χ2v) is 4.91. The van der Waals surface area contributed by atoms with Crippen molar-refractivity contribution in [3.63, 3.8) is 0 Å². The quantitative estimate of drug-likeness (QED) is 0.860. The lowest BCUT2D eigenvalue weighted by molar-refractivity contribution is 0.325. The van der Waals surface area contributed by atoms with E-state index >= 15 is 0 Å². The zero-order valence-electron chi connectivity index (χ0n) is 8.49. The van der Waals surface area contributed by atoms with Crippen LogP contribution >= 0.6 is 15.9 Å². The molecule has 1 aromatic rings. The van der Waals surface area contributed by atoms with Crippen molar-refractivity contribution in [2.75, 3.05) is 13.1 Å². The van der Waals surface area contributed by atoms with E-state index < -0.39 is 0 Å². The van der Waals surface area contributed by atoms with Crippen molar-refractivity contribution in [2.24, 2.45) is 5.73 Å². The van der Waals surface area contributed by atoms with E-state index in [2.05, 4.69) is 20.8 Å². The van der Waals surface area contributed by atoms with Crippen molar-refractivity contribution in [3.8, 4) is 5.75 Å². The summed E-state index contributed by atoms with van der Waals surface area (Å²) in [6, 6.07) is 5.67. The van der Waals surface area contributed by atoms with Gasteiger partial charge in [0.25, 0.3) is 0 Å². The van der Waals surface area contributed by atoms with Crippen molar-refractivity contribution in [1.29, 1.82) is 0 Å². The summed E-state index contributed by atoms with van der Waals surface area (Å²) in [5.74, 6) is 0.316. The summed E-state index contributed by atoms with van der Waals surface area (Å²) < 4.78 is 1.04. The molecule has 0 saturated carbocycles. The monoisotopic (exact) mass is 270 g/mol. The van der Waals surface area contributed by atoms with Crippen LogP contribution in [0.25, 0.3) is 0 Å². The number of phenolic OH excluding ortho intramolecular Hbond substituents is 1. The Morgan fingerprint density at radius 1 is 1.53 bits per heavy atom. The molecule has 82 valence electrons. The molecule has 3 nitrogen and oxygen atoms in total. The average molecular weight is 271 g/mol. The SMILES string of the molecule is N[C@H]1CCN(Cc2cc(O)ccc2Br)C1. The van der Waals surface area contributed by atoms with Gasteiger partial charge in [-0.15, -0.1) is 0 Å². The van der Waals surface area contributed by atoms with Crippen LogP contribution in [0.4, 0.5) is 0 Å². The van der Waals surface area contributed by atoms with E-state index in [1.54, 1.807) is 12.1 Å². The minimum atomic E-state index is 0.307. The van der Waals surface area contributed by atoms with Gasteiger partial charge in [-0.05, 0) is 30.2 Å². The number of nitrogens with zero attached hydrogens (tertiary/aromatic N) is 1. The van der Waals surface area contributed by atoms with E-state index in [1.165, 1.54) is 0 Å². The van der Waals surface area contributed by atoms with Gasteiger partial charge in [0.05, 0.1) is 0 Å². The van der Waals surface area contributed by atoms with Crippen molar-refractivity contribution in [1.82, 2.24) is 4.90 Å². The summed E-state index contributed by atoms with van der Waals surface area (Å²) in [6.07, 6.45) is 1.07. The molecule has 1 aliphatic rings. The van der Waals surface area contributed by atoms with Gasteiger partial charge in [0.1, 0.15) is 5.75 Å². The van der Waals surface area contributed by atoms with Gasteiger partial charge >= 0.3 is 0 Å². The van der Waals surface area contributed by atoms with Crippen LogP contribution in [0, 0.1) is 0 Å². The fourth-order valence-corrected chi connectivity index (χ4v) is 2.30. The number of halogens is 1. The Morgan fingerprint density at radius 2 is 2.33 bits per heavy atom. The molecule has 1 aromatic carbocycles. The summed E-state index contributed by atoms with van der Waals surface area (Å²) >= 11 is 3.48. The number of likely N-dealkylation sites (tertiary alicyclic amines) is 1. The summed E-state index contributed by atoms with van der Waals surface area (Å²) in [5.41, 5.74) is 6.96. The molecule has 1 saturated heterocycles. The summed E-state index contributed by atoms with van der Waals surface area (Å²) in [7, 11) is 0. The lowest BCUT2D eigenvalue weighted by Gasteiger charge is -2.16. The maximum absolute atomic E-state index is 9.40. The van der Waals surface area contributed by atoms with Gasteiger partial charge in [-0.25, -0.2) is 0 Å². The lowest BCUT2D eigenvalue weighted by atomic mass is 10.2. The number of hydrogen-bond acceptors (Lipinski definition) is 3. The first-order chi connectivity index (χ1) is 7.15. The topological polar surface area (TPSA) is 49.5 Å². The zero-order valence-corrected chi connectivity index (χ0v) is 10.1. The first-order valence-corrected chi connectivity index (χ1v) is 5.90. The van der Waals surface area contributed by atoms with E-state index in [9.17, 15) is 5.11 Å². The molecule has 0 unspecified atom stereocenters. The smallest absolute Gasteiger partial charge is 0.115 e. The molecule has 0 amide bonds. The Bertz CT molecular complexity index is 356. The minimum absolute atomic E-state index is 0.307. The van der Waals surface area contributed by atoms with E-state index in [-0.39, 0.29) is 0 Å². The van der Waals surface area contributed by atoms with Crippen molar-refractivity contribution in [2.45, 2.75) is 19.0 Å². The predicted molar refractivity (Wildman–Crippen MR) is 63.7 cm³/mol. The van der Waals surface area contributed by atoms with Crippen LogP contribution in [0.1, 0.15) is 12.0 Å². The van der Waals surface area contributed by atoms with Crippen LogP contribution < -0.4 is 5.73 Å². The first-order valence-electron chi connectivity index (χ1n) is 5.10. The van der Waals surface area contributed by atoms with Crippen molar-refractivity contribution in [3.05, 3.63) is 28.2 Å². The Hall–Kier alpha value is -0.580. The van der Waals surface area contributed by atoms with Gasteiger partial charge < -0.3 is 10.8 Å². The van der Waals surface area contributed by atoms with Crippen molar-refractivity contribution >= 4 is 15.9 Å². The highest BCUT2D eigenvalue weighted by Gasteiger charge is 2.19. The second kappa shape index (κ2) is 4.51. The average Bonchev–Trinajstić information content (AvgIpc) is 2.58. The van der Waals surface area contributed by atoms with E-state index in [1.807, 2.05) is 6.07 Å². The summed E-state index contributed by atoms with van der Waals surface area (Å²) in [4.78, 5) is 2.31. The third-order valence-electron chi connectivity index (χ3n) is 2.73. The molecule has 1 fully saturated rings. The van der Waals surface area contributed by atoms with Crippen LogP contribution in [-0.4, -0.2) is 29.1 Å². The summed E-state index contributed by atoms with van der Waals surface area (Å²) in [6.45, 7) is 2.84. The number of nitrogens with two attached hydrogens (primary N) is 1. The Balaban J connectivity index is 2.07. The van der Waals surface area contributed by atoms with Crippen LogP contribution in [0.15, 0.2) is 22.7 Å². The van der Waals surface area contributed by atoms with Gasteiger partial charge in [0, 0.05) is 30.1 Å². The Labute approximate surface area is 98.0 Å². The van der Waals surface area contributed by atoms with Gasteiger partial charge in [-0.2, -0.15) is 0 Å². The summed E-state index contributed by atoms with van der Waals surface area (Å²) in [5, 5.41) is 9.40. The molecule has 0 aliphatic carbocycles. The van der Waals surface area contributed by atoms with E-state index in [4.69, 9.17) is 5.73 Å². The van der Waals surface area contributed by atoms with Crippen LogP contribution in [0.3, 0.4) is 0 Å². The highest BCUT2D eigenvalue weighted by molar-refractivity contribution is 9.10. The minimum Gasteiger partial charge on any atom is -0.508 e. The van der Waals surface area contributed by atoms with Gasteiger partial charge in [-0.3, -0.25) is 4.90 Å². The standard InChI is InChI=1S/C11H15BrN2O/c12-11-2-1-10(15)5-8(11)6-14-4-3-9(13)7-14/h1-2,5,9,15H,3-4,6-7,13H2/t9-/m0/s1. The largest absolute Gasteiger partial charge is 0.508 e. The molecule has 2 rings (SSSR count). The molecule has 1 aliphatic heterocycles.